The second kappa shape index (κ2) is 9.40. The number of halogens is 1. The summed E-state index contributed by atoms with van der Waals surface area (Å²) in [4.78, 5) is 18.9. The largest absolute Gasteiger partial charge is 0.337 e. The van der Waals surface area contributed by atoms with E-state index < -0.39 is 21.8 Å². The molecule has 10 heteroatoms. The number of rotatable bonds is 6. The van der Waals surface area contributed by atoms with Crippen molar-refractivity contribution in [1.82, 2.24) is 19.3 Å². The number of hydrogen-bond acceptors (Lipinski definition) is 6. The van der Waals surface area contributed by atoms with E-state index in [0.717, 1.165) is 23.3 Å². The summed E-state index contributed by atoms with van der Waals surface area (Å²) in [5, 5.41) is 4.02. The number of benzene rings is 2. The molecule has 0 spiro atoms. The van der Waals surface area contributed by atoms with Crippen molar-refractivity contribution in [3.8, 4) is 11.4 Å². The van der Waals surface area contributed by atoms with Crippen molar-refractivity contribution < 1.29 is 22.1 Å². The van der Waals surface area contributed by atoms with Gasteiger partial charge in [-0.1, -0.05) is 29.4 Å². The van der Waals surface area contributed by atoms with Gasteiger partial charge in [-0.25, -0.2) is 12.8 Å². The molecule has 1 aliphatic rings. The lowest BCUT2D eigenvalue weighted by Gasteiger charge is -2.33. The molecule has 0 aliphatic carbocycles. The molecule has 1 saturated heterocycles. The molecule has 1 aromatic heterocycles. The zero-order chi connectivity index (χ0) is 23.6. The second-order valence-electron chi connectivity index (χ2n) is 8.18. The average molecular weight is 473 g/mol. The number of nitrogens with zero attached hydrogens (tertiary/aromatic N) is 4. The summed E-state index contributed by atoms with van der Waals surface area (Å²) in [5.74, 6) is -0.426. The van der Waals surface area contributed by atoms with E-state index in [4.69, 9.17) is 4.52 Å². The van der Waals surface area contributed by atoms with Gasteiger partial charge in [0.2, 0.25) is 27.6 Å². The lowest BCUT2D eigenvalue weighted by atomic mass is 9.98. The van der Waals surface area contributed by atoms with Crippen molar-refractivity contribution in [2.75, 3.05) is 20.1 Å². The van der Waals surface area contributed by atoms with Gasteiger partial charge in [0.25, 0.3) is 0 Å². The Labute approximate surface area is 192 Å². The molecule has 4 rings (SSSR count). The van der Waals surface area contributed by atoms with E-state index >= 15 is 0 Å². The number of carbonyl (C=O) groups is 1. The van der Waals surface area contributed by atoms with Gasteiger partial charge in [0.15, 0.2) is 0 Å². The van der Waals surface area contributed by atoms with Gasteiger partial charge in [-0.2, -0.15) is 9.29 Å². The van der Waals surface area contributed by atoms with Gasteiger partial charge in [-0.15, -0.1) is 0 Å². The van der Waals surface area contributed by atoms with Gasteiger partial charge in [-0.05, 0) is 49.6 Å². The highest BCUT2D eigenvalue weighted by molar-refractivity contribution is 7.89. The van der Waals surface area contributed by atoms with Crippen LogP contribution in [-0.2, 0) is 21.4 Å². The van der Waals surface area contributed by atoms with Crippen LogP contribution in [0.4, 0.5) is 4.39 Å². The van der Waals surface area contributed by atoms with Gasteiger partial charge in [0.1, 0.15) is 5.82 Å². The Morgan fingerprint density at radius 3 is 2.67 bits per heavy atom. The highest BCUT2D eigenvalue weighted by Gasteiger charge is 2.34. The molecule has 0 N–H and O–H groups in total. The fraction of sp³-hybridized carbons (Fsp3) is 0.348. The van der Waals surface area contributed by atoms with Crippen molar-refractivity contribution in [2.45, 2.75) is 31.2 Å². The first-order valence-electron chi connectivity index (χ1n) is 10.6. The van der Waals surface area contributed by atoms with E-state index in [1.165, 1.54) is 21.3 Å². The quantitative estimate of drug-likeness (QED) is 0.546. The molecule has 1 atom stereocenters. The maximum absolute atomic E-state index is 13.2. The number of aryl methyl sites for hydroxylation is 1. The van der Waals surface area contributed by atoms with E-state index in [-0.39, 0.29) is 23.9 Å². The van der Waals surface area contributed by atoms with Crippen LogP contribution in [0.25, 0.3) is 11.4 Å². The third-order valence-corrected chi connectivity index (χ3v) is 7.67. The van der Waals surface area contributed by atoms with Gasteiger partial charge in [0, 0.05) is 25.7 Å². The smallest absolute Gasteiger partial charge is 0.246 e. The predicted octanol–water partition coefficient (Wildman–Crippen LogP) is 3.24. The second-order valence-corrected chi connectivity index (χ2v) is 10.1. The third kappa shape index (κ3) is 4.96. The molecule has 0 unspecified atom stereocenters. The summed E-state index contributed by atoms with van der Waals surface area (Å²) in [5.41, 5.74) is 1.87. The van der Waals surface area contributed by atoms with Crippen LogP contribution in [0.5, 0.6) is 0 Å². The highest BCUT2D eigenvalue weighted by atomic mass is 32.2. The minimum atomic E-state index is -3.81. The minimum absolute atomic E-state index is 0.0138. The van der Waals surface area contributed by atoms with Gasteiger partial charge < -0.3 is 9.42 Å². The van der Waals surface area contributed by atoms with Crippen molar-refractivity contribution in [1.29, 1.82) is 0 Å². The van der Waals surface area contributed by atoms with E-state index in [0.29, 0.717) is 31.1 Å². The van der Waals surface area contributed by atoms with Crippen LogP contribution in [0.3, 0.4) is 0 Å². The number of carbonyl (C=O) groups excluding carboxylic acids is 1. The molecular weight excluding hydrogens is 447 g/mol. The van der Waals surface area contributed by atoms with Crippen molar-refractivity contribution in [3.05, 3.63) is 65.8 Å². The number of hydrogen-bond donors (Lipinski definition) is 0. The monoisotopic (exact) mass is 472 g/mol. The summed E-state index contributed by atoms with van der Waals surface area (Å²) >= 11 is 0. The fourth-order valence-corrected chi connectivity index (χ4v) is 5.49. The Hall–Kier alpha value is -3.11. The zero-order valence-electron chi connectivity index (χ0n) is 18.4. The predicted molar refractivity (Wildman–Crippen MR) is 119 cm³/mol. The van der Waals surface area contributed by atoms with Gasteiger partial charge in [-0.3, -0.25) is 4.79 Å². The highest BCUT2D eigenvalue weighted by Crippen LogP contribution is 2.26. The molecule has 1 aliphatic heterocycles. The molecule has 174 valence electrons. The minimum Gasteiger partial charge on any atom is -0.337 e. The molecule has 2 aromatic carbocycles. The SMILES string of the molecule is Cc1ccccc1-c1noc(CN(C)C(=O)[C@H]2CCCN(S(=O)(=O)c3ccc(F)cc3)C2)n1. The summed E-state index contributed by atoms with van der Waals surface area (Å²) in [7, 11) is -2.17. The normalized spacial score (nSPS) is 17.1. The van der Waals surface area contributed by atoms with E-state index in [2.05, 4.69) is 10.1 Å². The maximum atomic E-state index is 13.2. The molecule has 0 bridgehead atoms. The maximum Gasteiger partial charge on any atom is 0.246 e. The fourth-order valence-electron chi connectivity index (χ4n) is 3.96. The molecule has 8 nitrogen and oxygen atoms in total. The summed E-state index contributed by atoms with van der Waals surface area (Å²) in [6.07, 6.45) is 1.14. The van der Waals surface area contributed by atoms with Crippen molar-refractivity contribution >= 4 is 15.9 Å². The molecule has 0 saturated carbocycles. The van der Waals surface area contributed by atoms with Crippen LogP contribution in [0.2, 0.25) is 0 Å². The molecule has 2 heterocycles. The first kappa shape index (κ1) is 23.1. The topological polar surface area (TPSA) is 96.6 Å². The van der Waals surface area contributed by atoms with Crippen LogP contribution in [-0.4, -0.2) is 53.8 Å². The van der Waals surface area contributed by atoms with Gasteiger partial charge in [0.05, 0.1) is 17.4 Å². The van der Waals surface area contributed by atoms with Gasteiger partial charge >= 0.3 is 0 Å². The number of aromatic nitrogens is 2. The summed E-state index contributed by atoms with van der Waals surface area (Å²) < 4.78 is 45.7. The van der Waals surface area contributed by atoms with Crippen LogP contribution in [0.1, 0.15) is 24.3 Å². The van der Waals surface area contributed by atoms with E-state index in [9.17, 15) is 17.6 Å². The third-order valence-electron chi connectivity index (χ3n) is 5.79. The molecular formula is C23H25FN4O4S. The van der Waals surface area contributed by atoms with Crippen molar-refractivity contribution in [2.24, 2.45) is 5.92 Å². The first-order valence-corrected chi connectivity index (χ1v) is 12.1. The van der Waals surface area contributed by atoms with Crippen LogP contribution < -0.4 is 0 Å². The lowest BCUT2D eigenvalue weighted by molar-refractivity contribution is -0.136. The van der Waals surface area contributed by atoms with Crippen LogP contribution in [0.15, 0.2) is 57.9 Å². The Morgan fingerprint density at radius 1 is 1.21 bits per heavy atom. The average Bonchev–Trinajstić information content (AvgIpc) is 3.27. The zero-order valence-corrected chi connectivity index (χ0v) is 19.3. The van der Waals surface area contributed by atoms with E-state index in [1.807, 2.05) is 31.2 Å². The number of sulfonamides is 1. The molecule has 3 aromatic rings. The summed E-state index contributed by atoms with van der Waals surface area (Å²) in [6.45, 7) is 2.46. The molecule has 33 heavy (non-hydrogen) atoms. The summed E-state index contributed by atoms with van der Waals surface area (Å²) in [6, 6.07) is 12.4. The number of piperidine rings is 1. The van der Waals surface area contributed by atoms with Crippen LogP contribution in [0, 0.1) is 18.7 Å². The van der Waals surface area contributed by atoms with E-state index in [1.54, 1.807) is 7.05 Å². The van der Waals surface area contributed by atoms with Crippen LogP contribution >= 0.6 is 0 Å². The Morgan fingerprint density at radius 2 is 1.94 bits per heavy atom. The molecule has 0 radical (unpaired) electrons. The Balaban J connectivity index is 1.42. The molecule has 1 fully saturated rings. The first-order chi connectivity index (χ1) is 15.8. The Bertz CT molecular complexity index is 1240. The lowest BCUT2D eigenvalue weighted by Crippen LogP contribution is -2.45. The van der Waals surface area contributed by atoms with Crippen molar-refractivity contribution in [3.63, 3.8) is 0 Å². The standard InChI is InChI=1S/C23H25FN4O4S/c1-16-6-3-4-8-20(16)22-25-21(32-26-22)15-27(2)23(29)17-7-5-13-28(14-17)33(30,31)19-11-9-18(24)10-12-19/h3-4,6,8-12,17H,5,7,13-15H2,1-2H3/t17-/m0/s1. The molecule has 1 amide bonds. The Kier molecular flexibility index (Phi) is 6.57. The number of amides is 1.